The van der Waals surface area contributed by atoms with Crippen molar-refractivity contribution in [1.29, 1.82) is 0 Å². The summed E-state index contributed by atoms with van der Waals surface area (Å²) in [5.74, 6) is 1.99. The van der Waals surface area contributed by atoms with E-state index >= 15 is 0 Å². The molecule has 1 fully saturated rings. The zero-order valence-corrected chi connectivity index (χ0v) is 10.0. The average Bonchev–Trinajstić information content (AvgIpc) is 2.88. The molecule has 1 saturated carbocycles. The van der Waals surface area contributed by atoms with Gasteiger partial charge in [0.05, 0.1) is 6.54 Å². The van der Waals surface area contributed by atoms with Crippen LogP contribution in [-0.4, -0.2) is 15.8 Å². The van der Waals surface area contributed by atoms with Crippen LogP contribution >= 0.6 is 0 Å². The van der Waals surface area contributed by atoms with Gasteiger partial charge in [-0.1, -0.05) is 0 Å². The second-order valence-electron chi connectivity index (χ2n) is 4.65. The Hall–Kier alpha value is -1.55. The van der Waals surface area contributed by atoms with Gasteiger partial charge in [-0.3, -0.25) is 4.68 Å². The van der Waals surface area contributed by atoms with Gasteiger partial charge >= 0.3 is 0 Å². The Morgan fingerprint density at radius 2 is 2.41 bits per heavy atom. The standard InChI is InChI=1S/C13H17N3O/c1-10-11(8-14-12-3-4-12)7-13(17-10)9-16-6-2-5-15-16/h2,5-7,12,14H,3-4,8-9H2,1H3. The minimum absolute atomic E-state index is 0.706. The Kier molecular flexibility index (Phi) is 2.73. The summed E-state index contributed by atoms with van der Waals surface area (Å²) < 4.78 is 7.61. The summed E-state index contributed by atoms with van der Waals surface area (Å²) in [6.07, 6.45) is 6.36. The Labute approximate surface area is 101 Å². The Morgan fingerprint density at radius 1 is 1.53 bits per heavy atom. The van der Waals surface area contributed by atoms with Gasteiger partial charge < -0.3 is 9.73 Å². The topological polar surface area (TPSA) is 43.0 Å². The third-order valence-electron chi connectivity index (χ3n) is 3.11. The first-order valence-corrected chi connectivity index (χ1v) is 6.10. The Balaban J connectivity index is 1.66. The molecule has 3 rings (SSSR count). The molecule has 0 unspecified atom stereocenters. The number of aryl methyl sites for hydroxylation is 1. The molecule has 0 aromatic carbocycles. The van der Waals surface area contributed by atoms with Gasteiger partial charge in [0.25, 0.3) is 0 Å². The smallest absolute Gasteiger partial charge is 0.125 e. The van der Waals surface area contributed by atoms with Gasteiger partial charge in [0, 0.05) is 30.5 Å². The molecule has 1 aliphatic carbocycles. The van der Waals surface area contributed by atoms with Crippen LogP contribution in [0.2, 0.25) is 0 Å². The lowest BCUT2D eigenvalue weighted by molar-refractivity contribution is 0.456. The maximum absolute atomic E-state index is 5.74. The second kappa shape index (κ2) is 4.37. The second-order valence-corrected chi connectivity index (χ2v) is 4.65. The van der Waals surface area contributed by atoms with Crippen molar-refractivity contribution >= 4 is 0 Å². The molecule has 0 amide bonds. The van der Waals surface area contributed by atoms with Crippen LogP contribution in [0, 0.1) is 6.92 Å². The summed E-state index contributed by atoms with van der Waals surface area (Å²) in [4.78, 5) is 0. The highest BCUT2D eigenvalue weighted by Crippen LogP contribution is 2.21. The van der Waals surface area contributed by atoms with Crippen LogP contribution in [0.4, 0.5) is 0 Å². The number of nitrogens with zero attached hydrogens (tertiary/aromatic N) is 2. The number of nitrogens with one attached hydrogen (secondary N) is 1. The van der Waals surface area contributed by atoms with Gasteiger partial charge in [0.15, 0.2) is 0 Å². The van der Waals surface area contributed by atoms with Crippen LogP contribution in [0.5, 0.6) is 0 Å². The van der Waals surface area contributed by atoms with Crippen molar-refractivity contribution in [3.8, 4) is 0 Å². The molecule has 4 nitrogen and oxygen atoms in total. The number of aromatic nitrogens is 2. The molecule has 0 radical (unpaired) electrons. The number of hydrogen-bond acceptors (Lipinski definition) is 3. The molecular weight excluding hydrogens is 214 g/mol. The van der Waals surface area contributed by atoms with Gasteiger partial charge in [0.2, 0.25) is 0 Å². The maximum atomic E-state index is 5.74. The van der Waals surface area contributed by atoms with E-state index in [1.807, 2.05) is 23.9 Å². The lowest BCUT2D eigenvalue weighted by Gasteiger charge is -1.99. The highest BCUT2D eigenvalue weighted by atomic mass is 16.3. The summed E-state index contributed by atoms with van der Waals surface area (Å²) in [5, 5.41) is 7.68. The van der Waals surface area contributed by atoms with E-state index in [2.05, 4.69) is 16.5 Å². The van der Waals surface area contributed by atoms with Gasteiger partial charge in [-0.25, -0.2) is 0 Å². The maximum Gasteiger partial charge on any atom is 0.125 e. The zero-order chi connectivity index (χ0) is 11.7. The molecule has 2 aromatic heterocycles. The van der Waals surface area contributed by atoms with E-state index in [0.717, 1.165) is 24.1 Å². The molecule has 0 aliphatic heterocycles. The largest absolute Gasteiger partial charge is 0.464 e. The van der Waals surface area contributed by atoms with E-state index < -0.39 is 0 Å². The van der Waals surface area contributed by atoms with E-state index in [1.165, 1.54) is 18.4 Å². The van der Waals surface area contributed by atoms with Gasteiger partial charge in [0.1, 0.15) is 11.5 Å². The summed E-state index contributed by atoms with van der Waals surface area (Å²) in [5.41, 5.74) is 1.26. The van der Waals surface area contributed by atoms with Crippen molar-refractivity contribution in [1.82, 2.24) is 15.1 Å². The molecule has 90 valence electrons. The Bertz CT molecular complexity index is 483. The minimum Gasteiger partial charge on any atom is -0.464 e. The first kappa shape index (κ1) is 10.6. The van der Waals surface area contributed by atoms with Crippen molar-refractivity contribution in [2.45, 2.75) is 38.9 Å². The molecular formula is C13H17N3O. The van der Waals surface area contributed by atoms with Gasteiger partial charge in [-0.15, -0.1) is 0 Å². The van der Waals surface area contributed by atoms with Crippen LogP contribution in [0.1, 0.15) is 29.9 Å². The average molecular weight is 231 g/mol. The van der Waals surface area contributed by atoms with E-state index in [4.69, 9.17) is 4.42 Å². The number of rotatable bonds is 5. The van der Waals surface area contributed by atoms with Gasteiger partial charge in [-0.05, 0) is 31.9 Å². The fourth-order valence-corrected chi connectivity index (χ4v) is 1.94. The predicted molar refractivity (Wildman–Crippen MR) is 64.6 cm³/mol. The van der Waals surface area contributed by atoms with Crippen LogP contribution in [0.15, 0.2) is 28.9 Å². The van der Waals surface area contributed by atoms with Crippen molar-refractivity contribution in [3.63, 3.8) is 0 Å². The molecule has 0 atom stereocenters. The lowest BCUT2D eigenvalue weighted by atomic mass is 10.2. The fourth-order valence-electron chi connectivity index (χ4n) is 1.94. The third kappa shape index (κ3) is 2.58. The first-order chi connectivity index (χ1) is 8.31. The normalized spacial score (nSPS) is 15.4. The molecule has 0 spiro atoms. The fraction of sp³-hybridized carbons (Fsp3) is 0.462. The van der Waals surface area contributed by atoms with Crippen molar-refractivity contribution < 1.29 is 4.42 Å². The summed E-state index contributed by atoms with van der Waals surface area (Å²) in [6.45, 7) is 3.65. The van der Waals surface area contributed by atoms with E-state index in [1.54, 1.807) is 6.20 Å². The molecule has 1 aliphatic rings. The molecule has 1 N–H and O–H groups in total. The number of hydrogen-bond donors (Lipinski definition) is 1. The number of furan rings is 1. The van der Waals surface area contributed by atoms with E-state index in [-0.39, 0.29) is 0 Å². The quantitative estimate of drug-likeness (QED) is 0.856. The van der Waals surface area contributed by atoms with Crippen molar-refractivity contribution in [2.75, 3.05) is 0 Å². The minimum atomic E-state index is 0.706. The molecule has 0 bridgehead atoms. The summed E-state index contributed by atoms with van der Waals surface area (Å²) in [7, 11) is 0. The van der Waals surface area contributed by atoms with E-state index in [0.29, 0.717) is 6.54 Å². The molecule has 4 heteroatoms. The summed E-state index contributed by atoms with van der Waals surface area (Å²) >= 11 is 0. The molecule has 2 aromatic rings. The SMILES string of the molecule is Cc1oc(Cn2cccn2)cc1CNC1CC1. The van der Waals surface area contributed by atoms with Crippen LogP contribution in [0.3, 0.4) is 0 Å². The highest BCUT2D eigenvalue weighted by molar-refractivity contribution is 5.21. The van der Waals surface area contributed by atoms with Crippen molar-refractivity contribution in [3.05, 3.63) is 41.6 Å². The zero-order valence-electron chi connectivity index (χ0n) is 10.0. The van der Waals surface area contributed by atoms with E-state index in [9.17, 15) is 0 Å². The Morgan fingerprint density at radius 3 is 3.12 bits per heavy atom. The lowest BCUT2D eigenvalue weighted by Crippen LogP contribution is -2.15. The van der Waals surface area contributed by atoms with Crippen LogP contribution < -0.4 is 5.32 Å². The monoisotopic (exact) mass is 231 g/mol. The van der Waals surface area contributed by atoms with Gasteiger partial charge in [-0.2, -0.15) is 5.10 Å². The van der Waals surface area contributed by atoms with Crippen molar-refractivity contribution in [2.24, 2.45) is 0 Å². The molecule has 0 saturated heterocycles. The van der Waals surface area contributed by atoms with Crippen LogP contribution in [-0.2, 0) is 13.1 Å². The first-order valence-electron chi connectivity index (χ1n) is 6.10. The molecule has 17 heavy (non-hydrogen) atoms. The molecule has 2 heterocycles. The predicted octanol–water partition coefficient (Wildman–Crippen LogP) is 2.08. The van der Waals surface area contributed by atoms with Crippen LogP contribution in [0.25, 0.3) is 0 Å². The third-order valence-corrected chi connectivity index (χ3v) is 3.11. The highest BCUT2D eigenvalue weighted by Gasteiger charge is 2.20. The summed E-state index contributed by atoms with van der Waals surface area (Å²) in [6, 6.07) is 4.79.